The van der Waals surface area contributed by atoms with E-state index in [-0.39, 0.29) is 17.3 Å². The monoisotopic (exact) mass is 312 g/mol. The van der Waals surface area contributed by atoms with Gasteiger partial charge in [-0.1, -0.05) is 24.3 Å². The zero-order valence-electron chi connectivity index (χ0n) is 13.8. The lowest BCUT2D eigenvalue weighted by molar-refractivity contribution is 0.100. The molecule has 0 aliphatic carbocycles. The maximum Gasteiger partial charge on any atom is 0.159 e. The maximum atomic E-state index is 10.8. The molecule has 0 atom stereocenters. The second kappa shape index (κ2) is 8.63. The van der Waals surface area contributed by atoms with Crippen LogP contribution in [0.4, 0.5) is 0 Å². The van der Waals surface area contributed by atoms with Crippen molar-refractivity contribution in [2.75, 3.05) is 7.11 Å². The van der Waals surface area contributed by atoms with Gasteiger partial charge in [-0.15, -0.1) is 0 Å². The lowest BCUT2D eigenvalue weighted by Gasteiger charge is -1.98. The van der Waals surface area contributed by atoms with Crippen molar-refractivity contribution in [2.45, 2.75) is 20.8 Å². The molecule has 23 heavy (non-hydrogen) atoms. The molecule has 0 saturated heterocycles. The van der Waals surface area contributed by atoms with Gasteiger partial charge in [-0.05, 0) is 45.0 Å². The van der Waals surface area contributed by atoms with Crippen molar-refractivity contribution >= 4 is 17.3 Å². The van der Waals surface area contributed by atoms with Gasteiger partial charge in [-0.3, -0.25) is 14.4 Å². The summed E-state index contributed by atoms with van der Waals surface area (Å²) in [6.45, 7) is 4.55. The van der Waals surface area contributed by atoms with E-state index in [4.69, 9.17) is 4.74 Å². The normalized spacial score (nSPS) is 9.39. The van der Waals surface area contributed by atoms with Crippen LogP contribution >= 0.6 is 0 Å². The molecule has 0 saturated carbocycles. The Labute approximate surface area is 136 Å². The summed E-state index contributed by atoms with van der Waals surface area (Å²) < 4.78 is 4.94. The number of hydrogen-bond donors (Lipinski definition) is 0. The van der Waals surface area contributed by atoms with Crippen LogP contribution in [0, 0.1) is 0 Å². The third-order valence-corrected chi connectivity index (χ3v) is 3.19. The van der Waals surface area contributed by atoms with Gasteiger partial charge in [0.25, 0.3) is 0 Å². The van der Waals surface area contributed by atoms with Crippen LogP contribution in [0.2, 0.25) is 0 Å². The van der Waals surface area contributed by atoms with Gasteiger partial charge >= 0.3 is 0 Å². The quantitative estimate of drug-likeness (QED) is 0.801. The third kappa shape index (κ3) is 5.87. The molecule has 0 spiro atoms. The van der Waals surface area contributed by atoms with Crippen LogP contribution in [0.25, 0.3) is 0 Å². The average Bonchev–Trinajstić information content (AvgIpc) is 2.55. The first-order valence-corrected chi connectivity index (χ1v) is 7.12. The topological polar surface area (TPSA) is 60.4 Å². The largest absolute Gasteiger partial charge is 0.497 e. The highest BCUT2D eigenvalue weighted by molar-refractivity contribution is 5.97. The van der Waals surface area contributed by atoms with E-state index >= 15 is 0 Å². The average molecular weight is 312 g/mol. The van der Waals surface area contributed by atoms with Gasteiger partial charge in [0.05, 0.1) is 7.11 Å². The van der Waals surface area contributed by atoms with E-state index in [1.807, 2.05) is 0 Å². The Morgan fingerprint density at radius 2 is 0.870 bits per heavy atom. The first-order chi connectivity index (χ1) is 10.8. The molecule has 2 aromatic carbocycles. The number of carbonyl (C=O) groups excluding carboxylic acids is 3. The second-order valence-electron chi connectivity index (χ2n) is 4.97. The summed E-state index contributed by atoms with van der Waals surface area (Å²) in [5.41, 5.74) is 1.99. The molecule has 120 valence electrons. The standard InChI is InChI=1S/C10H10O2.C9H10O2/c1-7(11)9-3-5-10(6-4-9)8(2)12;1-7(10)8-3-5-9(11-2)6-4-8/h3-6H,1-2H3;3-6H,1-2H3. The molecule has 0 amide bonds. The lowest BCUT2D eigenvalue weighted by Crippen LogP contribution is -1.95. The highest BCUT2D eigenvalue weighted by Gasteiger charge is 2.01. The molecule has 0 aliphatic rings. The molecule has 0 radical (unpaired) electrons. The number of methoxy groups -OCH3 is 1. The van der Waals surface area contributed by atoms with Crippen molar-refractivity contribution in [3.8, 4) is 5.75 Å². The number of ketones is 3. The summed E-state index contributed by atoms with van der Waals surface area (Å²) in [6, 6.07) is 13.7. The first-order valence-electron chi connectivity index (χ1n) is 7.12. The Balaban J connectivity index is 0.000000231. The zero-order valence-corrected chi connectivity index (χ0v) is 13.8. The first kappa shape index (κ1) is 18.3. The van der Waals surface area contributed by atoms with E-state index in [1.54, 1.807) is 62.6 Å². The predicted molar refractivity (Wildman–Crippen MR) is 89.4 cm³/mol. The van der Waals surface area contributed by atoms with Gasteiger partial charge in [-0.2, -0.15) is 0 Å². The number of ether oxygens (including phenoxy) is 1. The minimum atomic E-state index is 0.0186. The van der Waals surface area contributed by atoms with Gasteiger partial charge in [0.1, 0.15) is 5.75 Å². The number of carbonyl (C=O) groups is 3. The molecule has 0 fully saturated rings. The van der Waals surface area contributed by atoms with E-state index < -0.39 is 0 Å². The van der Waals surface area contributed by atoms with E-state index in [2.05, 4.69) is 0 Å². The van der Waals surface area contributed by atoms with Gasteiger partial charge in [0.2, 0.25) is 0 Å². The smallest absolute Gasteiger partial charge is 0.159 e. The van der Waals surface area contributed by atoms with Crippen molar-refractivity contribution in [1.82, 2.24) is 0 Å². The van der Waals surface area contributed by atoms with E-state index in [0.29, 0.717) is 16.7 Å². The molecule has 0 bridgehead atoms. The molecule has 2 aromatic rings. The van der Waals surface area contributed by atoms with Crippen LogP contribution in [0.5, 0.6) is 5.75 Å². The summed E-state index contributed by atoms with van der Waals surface area (Å²) in [5.74, 6) is 0.887. The second-order valence-corrected chi connectivity index (χ2v) is 4.97. The third-order valence-electron chi connectivity index (χ3n) is 3.19. The van der Waals surface area contributed by atoms with Gasteiger partial charge in [-0.25, -0.2) is 0 Å². The highest BCUT2D eigenvalue weighted by atomic mass is 16.5. The van der Waals surface area contributed by atoms with E-state index in [9.17, 15) is 14.4 Å². The Morgan fingerprint density at radius 1 is 0.609 bits per heavy atom. The molecule has 0 heterocycles. The summed E-state index contributed by atoms with van der Waals surface area (Å²) in [7, 11) is 1.60. The fourth-order valence-corrected chi connectivity index (χ4v) is 1.77. The number of rotatable bonds is 4. The van der Waals surface area contributed by atoms with Crippen LogP contribution in [-0.2, 0) is 0 Å². The lowest BCUT2D eigenvalue weighted by atomic mass is 10.1. The predicted octanol–water partition coefficient (Wildman–Crippen LogP) is 3.99. The molecule has 4 nitrogen and oxygen atoms in total. The van der Waals surface area contributed by atoms with Gasteiger partial charge in [0.15, 0.2) is 17.3 Å². The molecule has 0 N–H and O–H groups in total. The number of benzene rings is 2. The van der Waals surface area contributed by atoms with Crippen LogP contribution in [0.1, 0.15) is 51.8 Å². The minimum Gasteiger partial charge on any atom is -0.497 e. The summed E-state index contributed by atoms with van der Waals surface area (Å²) >= 11 is 0. The fourth-order valence-electron chi connectivity index (χ4n) is 1.77. The van der Waals surface area contributed by atoms with Crippen LogP contribution in [0.3, 0.4) is 0 Å². The van der Waals surface area contributed by atoms with E-state index in [0.717, 1.165) is 5.75 Å². The zero-order chi connectivity index (χ0) is 17.4. The van der Waals surface area contributed by atoms with Crippen LogP contribution in [-0.4, -0.2) is 24.5 Å². The summed E-state index contributed by atoms with van der Waals surface area (Å²) in [6.07, 6.45) is 0. The van der Waals surface area contributed by atoms with Gasteiger partial charge in [0, 0.05) is 16.7 Å². The minimum absolute atomic E-state index is 0.0186. The SMILES string of the molecule is CC(=O)c1ccc(C(C)=O)cc1.COc1ccc(C(C)=O)cc1. The Hall–Kier alpha value is -2.75. The van der Waals surface area contributed by atoms with Crippen molar-refractivity contribution in [1.29, 1.82) is 0 Å². The molecule has 0 aromatic heterocycles. The van der Waals surface area contributed by atoms with Crippen LogP contribution in [0.15, 0.2) is 48.5 Å². The molecular weight excluding hydrogens is 292 g/mol. The van der Waals surface area contributed by atoms with Crippen molar-refractivity contribution in [2.24, 2.45) is 0 Å². The summed E-state index contributed by atoms with van der Waals surface area (Å²) in [5, 5.41) is 0. The Kier molecular flexibility index (Phi) is 6.87. The fraction of sp³-hybridized carbons (Fsp3) is 0.211. The van der Waals surface area contributed by atoms with Crippen LogP contribution < -0.4 is 4.74 Å². The van der Waals surface area contributed by atoms with Crippen molar-refractivity contribution < 1.29 is 19.1 Å². The number of Topliss-reactive ketones (excluding diaryl/α,β-unsaturated/α-hetero) is 3. The van der Waals surface area contributed by atoms with Crippen molar-refractivity contribution in [3.63, 3.8) is 0 Å². The Morgan fingerprint density at radius 3 is 1.09 bits per heavy atom. The summed E-state index contributed by atoms with van der Waals surface area (Å²) in [4.78, 5) is 32.5. The Bertz CT molecular complexity index is 649. The molecule has 2 rings (SSSR count). The van der Waals surface area contributed by atoms with Crippen molar-refractivity contribution in [3.05, 3.63) is 65.2 Å². The molecular formula is C19H20O4. The number of hydrogen-bond acceptors (Lipinski definition) is 4. The molecule has 0 unspecified atom stereocenters. The van der Waals surface area contributed by atoms with E-state index in [1.165, 1.54) is 13.8 Å². The van der Waals surface area contributed by atoms with Gasteiger partial charge < -0.3 is 4.74 Å². The maximum absolute atomic E-state index is 10.8. The molecule has 4 heteroatoms. The highest BCUT2D eigenvalue weighted by Crippen LogP contribution is 2.11. The molecule has 0 aliphatic heterocycles.